The summed E-state index contributed by atoms with van der Waals surface area (Å²) in [6.07, 6.45) is 0. The van der Waals surface area contributed by atoms with Crippen molar-refractivity contribution in [2.45, 2.75) is 0 Å². The Balaban J connectivity index is 2.51. The van der Waals surface area contributed by atoms with Gasteiger partial charge in [-0.2, -0.15) is 0 Å². The van der Waals surface area contributed by atoms with Gasteiger partial charge in [0.2, 0.25) is 0 Å². The highest BCUT2D eigenvalue weighted by Crippen LogP contribution is 2.27. The van der Waals surface area contributed by atoms with Crippen molar-refractivity contribution in [3.8, 4) is 0 Å². The van der Waals surface area contributed by atoms with E-state index in [0.29, 0.717) is 26.2 Å². The monoisotopic (exact) mass is 318 g/mol. The van der Waals surface area contributed by atoms with Gasteiger partial charge in [-0.3, -0.25) is 4.79 Å². The molecule has 2 aromatic carbocycles. The third-order valence-corrected chi connectivity index (χ3v) is 3.46. The summed E-state index contributed by atoms with van der Waals surface area (Å²) in [5, 5.41) is 1.51. The van der Waals surface area contributed by atoms with Crippen LogP contribution in [0.15, 0.2) is 36.4 Å². The van der Waals surface area contributed by atoms with Crippen LogP contribution in [-0.2, 0) is 0 Å². The molecule has 0 saturated heterocycles. The number of carbonyl (C=O) groups is 1. The molecule has 0 amide bonds. The van der Waals surface area contributed by atoms with E-state index in [1.165, 1.54) is 12.1 Å². The molecule has 0 atom stereocenters. The van der Waals surface area contributed by atoms with E-state index in [1.54, 1.807) is 24.3 Å². The number of hydrogen-bond donors (Lipinski definition) is 0. The zero-order valence-electron chi connectivity index (χ0n) is 8.88. The standard InChI is InChI=1S/C13H6Cl4O/c14-7-2-4-11(16)10(5-7)13(18)9-3-1-8(15)6-12(9)17/h1-6H. The SMILES string of the molecule is O=C(c1ccc(Cl)cc1Cl)c1cc(Cl)ccc1Cl. The Bertz CT molecular complexity index is 622. The van der Waals surface area contributed by atoms with Crippen LogP contribution in [0, 0.1) is 0 Å². The number of rotatable bonds is 2. The van der Waals surface area contributed by atoms with Gasteiger partial charge in [0.05, 0.1) is 10.0 Å². The van der Waals surface area contributed by atoms with Crippen LogP contribution in [0.5, 0.6) is 0 Å². The first-order chi connectivity index (χ1) is 8.49. The van der Waals surface area contributed by atoms with Gasteiger partial charge < -0.3 is 0 Å². The Morgan fingerprint density at radius 1 is 0.722 bits per heavy atom. The molecule has 0 aromatic heterocycles. The lowest BCUT2D eigenvalue weighted by molar-refractivity contribution is 0.103. The van der Waals surface area contributed by atoms with Crippen molar-refractivity contribution >= 4 is 52.2 Å². The summed E-state index contributed by atoms with van der Waals surface area (Å²) in [5.41, 5.74) is 0.652. The molecule has 1 nitrogen and oxygen atoms in total. The minimum atomic E-state index is -0.288. The Hall–Kier alpha value is -0.730. The topological polar surface area (TPSA) is 17.1 Å². The highest BCUT2D eigenvalue weighted by molar-refractivity contribution is 6.40. The molecule has 0 aliphatic carbocycles. The van der Waals surface area contributed by atoms with Gasteiger partial charge in [-0.25, -0.2) is 0 Å². The van der Waals surface area contributed by atoms with E-state index in [0.717, 1.165) is 0 Å². The summed E-state index contributed by atoms with van der Waals surface area (Å²) in [7, 11) is 0. The lowest BCUT2D eigenvalue weighted by atomic mass is 10.0. The molecule has 2 aromatic rings. The van der Waals surface area contributed by atoms with Gasteiger partial charge in [-0.1, -0.05) is 46.4 Å². The average Bonchev–Trinajstić information content (AvgIpc) is 2.31. The summed E-state index contributed by atoms with van der Waals surface area (Å²) in [6.45, 7) is 0. The second-order valence-corrected chi connectivity index (χ2v) is 5.26. The minimum Gasteiger partial charge on any atom is -0.288 e. The molecule has 0 fully saturated rings. The zero-order chi connectivity index (χ0) is 13.3. The maximum Gasteiger partial charge on any atom is 0.196 e. The van der Waals surface area contributed by atoms with Gasteiger partial charge >= 0.3 is 0 Å². The van der Waals surface area contributed by atoms with Gasteiger partial charge in [0, 0.05) is 21.2 Å². The maximum atomic E-state index is 12.3. The van der Waals surface area contributed by atoms with Crippen molar-refractivity contribution in [2.24, 2.45) is 0 Å². The molecule has 0 heterocycles. The Kier molecular flexibility index (Phi) is 4.18. The highest BCUT2D eigenvalue weighted by Gasteiger charge is 2.16. The third-order valence-electron chi connectivity index (χ3n) is 2.35. The van der Waals surface area contributed by atoms with Crippen molar-refractivity contribution in [3.63, 3.8) is 0 Å². The predicted molar refractivity (Wildman–Crippen MR) is 76.4 cm³/mol. The quantitative estimate of drug-likeness (QED) is 0.665. The Labute approximate surface area is 124 Å². The van der Waals surface area contributed by atoms with Crippen molar-refractivity contribution in [1.82, 2.24) is 0 Å². The largest absolute Gasteiger partial charge is 0.288 e. The molecule has 0 radical (unpaired) electrons. The van der Waals surface area contributed by atoms with Crippen LogP contribution in [0.25, 0.3) is 0 Å². The number of hydrogen-bond acceptors (Lipinski definition) is 1. The van der Waals surface area contributed by atoms with E-state index in [9.17, 15) is 4.79 Å². The number of benzene rings is 2. The maximum absolute atomic E-state index is 12.3. The molecule has 0 aliphatic heterocycles. The van der Waals surface area contributed by atoms with E-state index < -0.39 is 0 Å². The molecular formula is C13H6Cl4O. The first kappa shape index (κ1) is 13.7. The molecule has 0 spiro atoms. The zero-order valence-corrected chi connectivity index (χ0v) is 11.9. The molecule has 2 rings (SSSR count). The molecule has 0 saturated carbocycles. The first-order valence-electron chi connectivity index (χ1n) is 4.94. The fourth-order valence-electron chi connectivity index (χ4n) is 1.49. The van der Waals surface area contributed by atoms with Crippen molar-refractivity contribution in [1.29, 1.82) is 0 Å². The normalized spacial score (nSPS) is 10.4. The Morgan fingerprint density at radius 3 is 2.00 bits per heavy atom. The van der Waals surface area contributed by atoms with Crippen molar-refractivity contribution < 1.29 is 4.79 Å². The first-order valence-corrected chi connectivity index (χ1v) is 6.45. The molecule has 0 bridgehead atoms. The van der Waals surface area contributed by atoms with E-state index in [2.05, 4.69) is 0 Å². The molecule has 5 heteroatoms. The summed E-state index contributed by atoms with van der Waals surface area (Å²) in [6, 6.07) is 9.36. The van der Waals surface area contributed by atoms with Gasteiger partial charge in [-0.05, 0) is 36.4 Å². The smallest absolute Gasteiger partial charge is 0.196 e. The predicted octanol–water partition coefficient (Wildman–Crippen LogP) is 5.53. The van der Waals surface area contributed by atoms with Crippen LogP contribution < -0.4 is 0 Å². The van der Waals surface area contributed by atoms with Gasteiger partial charge in [0.15, 0.2) is 5.78 Å². The van der Waals surface area contributed by atoms with E-state index >= 15 is 0 Å². The van der Waals surface area contributed by atoms with Crippen molar-refractivity contribution in [3.05, 3.63) is 67.6 Å². The van der Waals surface area contributed by atoms with Gasteiger partial charge in [-0.15, -0.1) is 0 Å². The van der Waals surface area contributed by atoms with Crippen LogP contribution in [-0.4, -0.2) is 5.78 Å². The van der Waals surface area contributed by atoms with Gasteiger partial charge in [0.25, 0.3) is 0 Å². The van der Waals surface area contributed by atoms with E-state index in [4.69, 9.17) is 46.4 Å². The second-order valence-electron chi connectivity index (χ2n) is 3.58. The van der Waals surface area contributed by atoms with Crippen molar-refractivity contribution in [2.75, 3.05) is 0 Å². The lowest BCUT2D eigenvalue weighted by Gasteiger charge is -2.06. The third kappa shape index (κ3) is 2.81. The summed E-state index contributed by atoms with van der Waals surface area (Å²) in [5.74, 6) is -0.288. The molecule has 92 valence electrons. The summed E-state index contributed by atoms with van der Waals surface area (Å²) < 4.78 is 0. The summed E-state index contributed by atoms with van der Waals surface area (Å²) >= 11 is 23.6. The second kappa shape index (κ2) is 5.50. The van der Waals surface area contributed by atoms with E-state index in [1.807, 2.05) is 0 Å². The number of halogens is 4. The van der Waals surface area contributed by atoms with E-state index in [-0.39, 0.29) is 10.8 Å². The number of ketones is 1. The highest BCUT2D eigenvalue weighted by atomic mass is 35.5. The van der Waals surface area contributed by atoms with Crippen LogP contribution in [0.3, 0.4) is 0 Å². The van der Waals surface area contributed by atoms with Crippen LogP contribution in [0.4, 0.5) is 0 Å². The minimum absolute atomic E-state index is 0.281. The fourth-order valence-corrected chi connectivity index (χ4v) is 2.36. The van der Waals surface area contributed by atoms with Crippen LogP contribution in [0.2, 0.25) is 20.1 Å². The molecule has 0 aliphatic rings. The van der Waals surface area contributed by atoms with Gasteiger partial charge in [0.1, 0.15) is 0 Å². The molecule has 0 N–H and O–H groups in total. The van der Waals surface area contributed by atoms with Crippen LogP contribution >= 0.6 is 46.4 Å². The number of carbonyl (C=O) groups excluding carboxylic acids is 1. The van der Waals surface area contributed by atoms with Crippen LogP contribution in [0.1, 0.15) is 15.9 Å². The molecule has 18 heavy (non-hydrogen) atoms. The Morgan fingerprint density at radius 2 is 1.33 bits per heavy atom. The molecule has 0 unspecified atom stereocenters. The lowest BCUT2D eigenvalue weighted by Crippen LogP contribution is -2.03. The molecular weight excluding hydrogens is 314 g/mol. The summed E-state index contributed by atoms with van der Waals surface area (Å²) in [4.78, 5) is 12.3. The average molecular weight is 320 g/mol. The fraction of sp³-hybridized carbons (Fsp3) is 0.